The summed E-state index contributed by atoms with van der Waals surface area (Å²) in [6, 6.07) is 18.2. The van der Waals surface area contributed by atoms with Crippen molar-refractivity contribution in [1.82, 2.24) is 14.8 Å². The topological polar surface area (TPSA) is 85.8 Å². The van der Waals surface area contributed by atoms with Gasteiger partial charge in [0.2, 0.25) is 5.91 Å². The van der Waals surface area contributed by atoms with Crippen LogP contribution in [0.15, 0.2) is 60.8 Å². The van der Waals surface area contributed by atoms with Crippen LogP contribution in [0.3, 0.4) is 0 Å². The summed E-state index contributed by atoms with van der Waals surface area (Å²) in [7, 11) is 0. The van der Waals surface area contributed by atoms with E-state index in [4.69, 9.17) is 0 Å². The molecule has 1 saturated heterocycles. The Morgan fingerprint density at radius 1 is 0.943 bits per heavy atom. The van der Waals surface area contributed by atoms with Crippen molar-refractivity contribution in [2.24, 2.45) is 5.41 Å². The molecule has 0 aliphatic carbocycles. The Labute approximate surface area is 206 Å². The Kier molecular flexibility index (Phi) is 7.78. The zero-order chi connectivity index (χ0) is 24.8. The maximum absolute atomic E-state index is 12.8. The number of hydrogen-bond acceptors (Lipinski definition) is 5. The Morgan fingerprint density at radius 2 is 1.60 bits per heavy atom. The van der Waals surface area contributed by atoms with Gasteiger partial charge in [0.15, 0.2) is 0 Å². The third-order valence-electron chi connectivity index (χ3n) is 7.22. The van der Waals surface area contributed by atoms with E-state index in [-0.39, 0.29) is 12.8 Å². The molecule has 2 heterocycles. The Balaban J connectivity index is 1.34. The second kappa shape index (κ2) is 11.0. The highest BCUT2D eigenvalue weighted by Crippen LogP contribution is 2.29. The summed E-state index contributed by atoms with van der Waals surface area (Å²) in [6.07, 6.45) is 2.36. The molecule has 1 fully saturated rings. The predicted octanol–water partition coefficient (Wildman–Crippen LogP) is 4.38. The number of carbonyl (C=O) groups is 2. The van der Waals surface area contributed by atoms with E-state index in [1.165, 1.54) is 10.9 Å². The van der Waals surface area contributed by atoms with Crippen molar-refractivity contribution in [3.63, 3.8) is 0 Å². The van der Waals surface area contributed by atoms with Gasteiger partial charge in [-0.1, -0.05) is 50.2 Å². The first-order valence-electron chi connectivity index (χ1n) is 12.4. The second-order valence-electron chi connectivity index (χ2n) is 9.29. The number of carboxylic acids is 1. The highest BCUT2D eigenvalue weighted by atomic mass is 16.4. The second-order valence-corrected chi connectivity index (χ2v) is 9.29. The zero-order valence-electron chi connectivity index (χ0n) is 20.5. The number of nitrogens with zero attached hydrogens (tertiary/aromatic N) is 3. The summed E-state index contributed by atoms with van der Waals surface area (Å²) in [5, 5.41) is 13.7. The lowest BCUT2D eigenvalue weighted by Crippen LogP contribution is -2.45. The number of anilines is 1. The van der Waals surface area contributed by atoms with Crippen molar-refractivity contribution in [2.45, 2.75) is 39.8 Å². The third-order valence-corrected chi connectivity index (χ3v) is 7.22. The van der Waals surface area contributed by atoms with Gasteiger partial charge in [-0.15, -0.1) is 0 Å². The minimum absolute atomic E-state index is 0.253. The number of aromatic nitrogens is 1. The maximum Gasteiger partial charge on any atom is 0.319 e. The van der Waals surface area contributed by atoms with E-state index in [0.29, 0.717) is 5.69 Å². The molecular formula is C28H34N4O3. The molecule has 2 N–H and O–H groups in total. The minimum Gasteiger partial charge on any atom is -0.480 e. The fourth-order valence-electron chi connectivity index (χ4n) is 4.87. The molecule has 3 aromatic rings. The number of nitrogens with one attached hydrogen (secondary N) is 1. The number of aliphatic carboxylic acids is 1. The summed E-state index contributed by atoms with van der Waals surface area (Å²) in [5.41, 5.74) is 2.68. The van der Waals surface area contributed by atoms with Crippen LogP contribution in [0.4, 0.5) is 5.69 Å². The molecule has 4 rings (SSSR count). The molecule has 1 aromatic heterocycles. The molecule has 0 atom stereocenters. The molecule has 7 heteroatoms. The number of carboxylic acid groups (broad SMARTS) is 1. The summed E-state index contributed by atoms with van der Waals surface area (Å²) in [6.45, 7) is 9.05. The van der Waals surface area contributed by atoms with Crippen molar-refractivity contribution in [2.75, 3.05) is 31.5 Å². The average molecular weight is 475 g/mol. The van der Waals surface area contributed by atoms with Crippen LogP contribution in [-0.2, 0) is 22.7 Å². The van der Waals surface area contributed by atoms with Gasteiger partial charge in [0.05, 0.1) is 5.52 Å². The summed E-state index contributed by atoms with van der Waals surface area (Å²) in [5.74, 6) is -1.53. The first-order valence-corrected chi connectivity index (χ1v) is 12.4. The van der Waals surface area contributed by atoms with E-state index >= 15 is 0 Å². The van der Waals surface area contributed by atoms with E-state index in [1.807, 2.05) is 36.5 Å². The highest BCUT2D eigenvalue weighted by Gasteiger charge is 2.42. The van der Waals surface area contributed by atoms with Crippen molar-refractivity contribution in [3.05, 3.63) is 71.9 Å². The first-order chi connectivity index (χ1) is 16.9. The summed E-state index contributed by atoms with van der Waals surface area (Å²) >= 11 is 0. The molecule has 2 aromatic carbocycles. The maximum atomic E-state index is 12.8. The largest absolute Gasteiger partial charge is 0.480 e. The number of amides is 1. The quantitative estimate of drug-likeness (QED) is 0.448. The zero-order valence-corrected chi connectivity index (χ0v) is 20.5. The number of hydrogen-bond donors (Lipinski definition) is 2. The summed E-state index contributed by atoms with van der Waals surface area (Å²) < 4.78 is 0. The van der Waals surface area contributed by atoms with E-state index in [1.54, 1.807) is 13.8 Å². The van der Waals surface area contributed by atoms with Crippen LogP contribution < -0.4 is 5.32 Å². The van der Waals surface area contributed by atoms with Gasteiger partial charge in [-0.05, 0) is 42.2 Å². The molecular weight excluding hydrogens is 440 g/mol. The van der Waals surface area contributed by atoms with Gasteiger partial charge in [0.25, 0.3) is 0 Å². The SMILES string of the molecule is CCC(CC)(C(=O)O)C(=O)Nc1cccc(CN2CCN(Cc3cccc4cccnc34)CC2)c1. The molecule has 0 saturated carbocycles. The lowest BCUT2D eigenvalue weighted by atomic mass is 9.81. The molecule has 0 radical (unpaired) electrons. The fraction of sp³-hybridized carbons (Fsp3) is 0.393. The van der Waals surface area contributed by atoms with E-state index in [9.17, 15) is 14.7 Å². The van der Waals surface area contributed by atoms with Crippen LogP contribution in [-0.4, -0.2) is 57.9 Å². The lowest BCUT2D eigenvalue weighted by Gasteiger charge is -2.35. The van der Waals surface area contributed by atoms with Gasteiger partial charge < -0.3 is 10.4 Å². The van der Waals surface area contributed by atoms with E-state index in [0.717, 1.165) is 50.3 Å². The third kappa shape index (κ3) is 5.52. The molecule has 1 amide bonds. The molecule has 184 valence electrons. The number of piperazine rings is 1. The van der Waals surface area contributed by atoms with Gasteiger partial charge in [-0.25, -0.2) is 0 Å². The number of benzene rings is 2. The van der Waals surface area contributed by atoms with Gasteiger partial charge in [-0.3, -0.25) is 24.4 Å². The van der Waals surface area contributed by atoms with Crippen LogP contribution in [0, 0.1) is 5.41 Å². The number of pyridine rings is 1. The number of para-hydroxylation sites is 1. The normalized spacial score (nSPS) is 15.3. The van der Waals surface area contributed by atoms with Crippen LogP contribution >= 0.6 is 0 Å². The fourth-order valence-corrected chi connectivity index (χ4v) is 4.87. The lowest BCUT2D eigenvalue weighted by molar-refractivity contribution is -0.154. The monoisotopic (exact) mass is 474 g/mol. The highest BCUT2D eigenvalue weighted by molar-refractivity contribution is 6.08. The van der Waals surface area contributed by atoms with Crippen LogP contribution in [0.25, 0.3) is 10.9 Å². The van der Waals surface area contributed by atoms with Crippen LogP contribution in [0.5, 0.6) is 0 Å². The standard InChI is InChI=1S/C28H34N4O3/c1-3-28(4-2,27(34)35)26(33)30-24-12-5-8-21(18-24)19-31-14-16-32(17-15-31)20-23-10-6-9-22-11-7-13-29-25(22)23/h5-13,18H,3-4,14-17,19-20H2,1-2H3,(H,30,33)(H,34,35). The number of rotatable bonds is 9. The van der Waals surface area contributed by atoms with Gasteiger partial charge in [-0.2, -0.15) is 0 Å². The Morgan fingerprint density at radius 3 is 2.29 bits per heavy atom. The van der Waals surface area contributed by atoms with Crippen LogP contribution in [0.1, 0.15) is 37.8 Å². The number of fused-ring (bicyclic) bond motifs is 1. The van der Waals surface area contributed by atoms with Gasteiger partial charge in [0.1, 0.15) is 5.41 Å². The predicted molar refractivity (Wildman–Crippen MR) is 138 cm³/mol. The average Bonchev–Trinajstić information content (AvgIpc) is 2.86. The van der Waals surface area contributed by atoms with Crippen molar-refractivity contribution in [1.29, 1.82) is 0 Å². The Bertz CT molecular complexity index is 1180. The van der Waals surface area contributed by atoms with Crippen molar-refractivity contribution < 1.29 is 14.7 Å². The summed E-state index contributed by atoms with van der Waals surface area (Å²) in [4.78, 5) is 34.0. The van der Waals surface area contributed by atoms with Gasteiger partial charge >= 0.3 is 5.97 Å². The van der Waals surface area contributed by atoms with Crippen LogP contribution in [0.2, 0.25) is 0 Å². The smallest absolute Gasteiger partial charge is 0.319 e. The molecule has 1 aliphatic rings. The molecule has 0 bridgehead atoms. The van der Waals surface area contributed by atoms with E-state index in [2.05, 4.69) is 44.4 Å². The van der Waals surface area contributed by atoms with Gasteiger partial charge in [0, 0.05) is 56.5 Å². The molecule has 7 nitrogen and oxygen atoms in total. The Hall–Kier alpha value is -3.29. The minimum atomic E-state index is -1.40. The molecule has 1 aliphatic heterocycles. The van der Waals surface area contributed by atoms with Crippen molar-refractivity contribution in [3.8, 4) is 0 Å². The van der Waals surface area contributed by atoms with E-state index < -0.39 is 17.3 Å². The number of carbonyl (C=O) groups excluding carboxylic acids is 1. The molecule has 0 spiro atoms. The first kappa shape index (κ1) is 24.8. The van der Waals surface area contributed by atoms with Crippen molar-refractivity contribution >= 4 is 28.5 Å². The molecule has 0 unspecified atom stereocenters. The molecule has 35 heavy (non-hydrogen) atoms.